The molecule has 0 atom stereocenters. The first-order chi connectivity index (χ1) is 9.93. The molecule has 2 aromatic carbocycles. The van der Waals surface area contributed by atoms with Crippen molar-refractivity contribution in [1.29, 1.82) is 0 Å². The predicted octanol–water partition coefficient (Wildman–Crippen LogP) is 5.40. The Kier molecular flexibility index (Phi) is 4.70. The molecule has 0 saturated heterocycles. The van der Waals surface area contributed by atoms with E-state index in [1.54, 1.807) is 38.1 Å². The van der Waals surface area contributed by atoms with Crippen molar-refractivity contribution in [3.63, 3.8) is 0 Å². The van der Waals surface area contributed by atoms with Gasteiger partial charge in [0.05, 0.1) is 10.8 Å². The van der Waals surface area contributed by atoms with Gasteiger partial charge in [-0.2, -0.15) is 0 Å². The Morgan fingerprint density at radius 2 is 1.90 bits per heavy atom. The number of nitro groups is 1. The highest BCUT2D eigenvalue weighted by Gasteiger charge is 2.16. The summed E-state index contributed by atoms with van der Waals surface area (Å²) in [5, 5.41) is 11.4. The molecule has 0 heterocycles. The Hall–Kier alpha value is -1.78. The van der Waals surface area contributed by atoms with Crippen molar-refractivity contribution in [3.8, 4) is 11.5 Å². The highest BCUT2D eigenvalue weighted by Crippen LogP contribution is 2.35. The van der Waals surface area contributed by atoms with E-state index in [4.69, 9.17) is 27.9 Å². The van der Waals surface area contributed by atoms with Crippen LogP contribution in [0.3, 0.4) is 0 Å². The number of nitro benzene ring substituents is 1. The van der Waals surface area contributed by atoms with Crippen LogP contribution in [0.5, 0.6) is 11.5 Å². The van der Waals surface area contributed by atoms with Gasteiger partial charge in [-0.3, -0.25) is 10.1 Å². The Labute approximate surface area is 132 Å². The molecule has 0 aliphatic heterocycles. The number of aryl methyl sites for hydroxylation is 2. The average molecular weight is 326 g/mol. The molecule has 0 fully saturated rings. The van der Waals surface area contributed by atoms with Gasteiger partial charge in [0, 0.05) is 22.2 Å². The van der Waals surface area contributed by atoms with E-state index in [-0.39, 0.29) is 11.6 Å². The van der Waals surface area contributed by atoms with Gasteiger partial charge in [-0.15, -0.1) is 11.6 Å². The number of ether oxygens (including phenoxy) is 1. The normalized spacial score (nSPS) is 10.5. The Morgan fingerprint density at radius 1 is 1.19 bits per heavy atom. The highest BCUT2D eigenvalue weighted by molar-refractivity contribution is 6.32. The summed E-state index contributed by atoms with van der Waals surface area (Å²) in [6, 6.07) is 8.41. The third-order valence-electron chi connectivity index (χ3n) is 3.12. The lowest BCUT2D eigenvalue weighted by Gasteiger charge is -2.13. The molecule has 0 saturated carbocycles. The topological polar surface area (TPSA) is 52.4 Å². The average Bonchev–Trinajstić information content (AvgIpc) is 2.42. The van der Waals surface area contributed by atoms with Gasteiger partial charge < -0.3 is 4.74 Å². The van der Waals surface area contributed by atoms with Crippen molar-refractivity contribution in [2.75, 3.05) is 0 Å². The molecule has 0 spiro atoms. The number of hydrogen-bond donors (Lipinski definition) is 0. The molecule has 2 aromatic rings. The number of halogens is 2. The molecule has 21 heavy (non-hydrogen) atoms. The summed E-state index contributed by atoms with van der Waals surface area (Å²) in [5.74, 6) is 1.32. The third kappa shape index (κ3) is 3.28. The molecular weight excluding hydrogens is 313 g/mol. The van der Waals surface area contributed by atoms with Crippen molar-refractivity contribution in [2.24, 2.45) is 0 Å². The van der Waals surface area contributed by atoms with Crippen molar-refractivity contribution in [3.05, 3.63) is 62.2 Å². The quantitative estimate of drug-likeness (QED) is 0.430. The van der Waals surface area contributed by atoms with Crippen LogP contribution in [-0.4, -0.2) is 4.92 Å². The monoisotopic (exact) mass is 325 g/mol. The van der Waals surface area contributed by atoms with Crippen molar-refractivity contribution in [2.45, 2.75) is 19.7 Å². The minimum Gasteiger partial charge on any atom is -0.457 e. The van der Waals surface area contributed by atoms with E-state index in [0.717, 1.165) is 0 Å². The van der Waals surface area contributed by atoms with Gasteiger partial charge in [0.2, 0.25) is 0 Å². The number of hydrogen-bond acceptors (Lipinski definition) is 3. The first-order valence-electron chi connectivity index (χ1n) is 6.21. The molecule has 0 unspecified atom stereocenters. The fourth-order valence-corrected chi connectivity index (χ4v) is 2.54. The number of nitrogens with zero attached hydrogens (tertiary/aromatic N) is 1. The molecule has 110 valence electrons. The van der Waals surface area contributed by atoms with E-state index >= 15 is 0 Å². The molecular formula is C15H13Cl2NO3. The molecule has 6 heteroatoms. The summed E-state index contributed by atoms with van der Waals surface area (Å²) in [4.78, 5) is 10.5. The van der Waals surface area contributed by atoms with E-state index in [9.17, 15) is 10.1 Å². The lowest BCUT2D eigenvalue weighted by atomic mass is 10.1. The standard InChI is InChI=1S/C15H13Cl2NO3/c1-9-7-15(10(2)6-13(9)18(19)20)21-14-5-3-4-12(17)11(14)8-16/h3-7H,8H2,1-2H3. The van der Waals surface area contributed by atoms with Gasteiger partial charge in [0.15, 0.2) is 0 Å². The molecule has 0 N–H and O–H groups in total. The summed E-state index contributed by atoms with van der Waals surface area (Å²) in [7, 11) is 0. The summed E-state index contributed by atoms with van der Waals surface area (Å²) < 4.78 is 5.84. The van der Waals surface area contributed by atoms with Gasteiger partial charge in [-0.25, -0.2) is 0 Å². The zero-order chi connectivity index (χ0) is 15.6. The first-order valence-corrected chi connectivity index (χ1v) is 7.12. The zero-order valence-electron chi connectivity index (χ0n) is 11.5. The van der Waals surface area contributed by atoms with Crippen LogP contribution >= 0.6 is 23.2 Å². The van der Waals surface area contributed by atoms with Crippen LogP contribution in [-0.2, 0) is 5.88 Å². The van der Waals surface area contributed by atoms with Gasteiger partial charge in [-0.1, -0.05) is 17.7 Å². The van der Waals surface area contributed by atoms with Gasteiger partial charge in [0.25, 0.3) is 5.69 Å². The summed E-state index contributed by atoms with van der Waals surface area (Å²) in [6.45, 7) is 3.43. The minimum absolute atomic E-state index is 0.0727. The Morgan fingerprint density at radius 3 is 2.52 bits per heavy atom. The van der Waals surface area contributed by atoms with Crippen LogP contribution in [0, 0.1) is 24.0 Å². The fraction of sp³-hybridized carbons (Fsp3) is 0.200. The number of benzene rings is 2. The van der Waals surface area contributed by atoms with Crippen molar-refractivity contribution < 1.29 is 9.66 Å². The maximum absolute atomic E-state index is 10.9. The van der Waals surface area contributed by atoms with Crippen LogP contribution in [0.25, 0.3) is 0 Å². The highest BCUT2D eigenvalue weighted by atomic mass is 35.5. The number of rotatable bonds is 4. The van der Waals surface area contributed by atoms with Gasteiger partial charge >= 0.3 is 0 Å². The van der Waals surface area contributed by atoms with Gasteiger partial charge in [0.1, 0.15) is 11.5 Å². The molecule has 0 amide bonds. The molecule has 0 radical (unpaired) electrons. The predicted molar refractivity (Wildman–Crippen MR) is 83.7 cm³/mol. The molecule has 4 nitrogen and oxygen atoms in total. The third-order valence-corrected chi connectivity index (χ3v) is 3.74. The van der Waals surface area contributed by atoms with E-state index in [0.29, 0.717) is 33.2 Å². The lowest BCUT2D eigenvalue weighted by molar-refractivity contribution is -0.385. The summed E-state index contributed by atoms with van der Waals surface area (Å²) in [5.41, 5.74) is 1.97. The van der Waals surface area contributed by atoms with Crippen LogP contribution in [0.4, 0.5) is 5.69 Å². The maximum atomic E-state index is 10.9. The van der Waals surface area contributed by atoms with Crippen LogP contribution in [0.15, 0.2) is 30.3 Å². The van der Waals surface area contributed by atoms with E-state index < -0.39 is 4.92 Å². The Balaban J connectivity index is 2.43. The maximum Gasteiger partial charge on any atom is 0.272 e. The second kappa shape index (κ2) is 6.33. The van der Waals surface area contributed by atoms with Crippen LogP contribution in [0.1, 0.15) is 16.7 Å². The summed E-state index contributed by atoms with van der Waals surface area (Å²) >= 11 is 12.0. The van der Waals surface area contributed by atoms with Crippen LogP contribution < -0.4 is 4.74 Å². The minimum atomic E-state index is -0.407. The second-order valence-corrected chi connectivity index (χ2v) is 5.29. The molecule has 0 aromatic heterocycles. The zero-order valence-corrected chi connectivity index (χ0v) is 13.0. The summed E-state index contributed by atoms with van der Waals surface area (Å²) in [6.07, 6.45) is 0. The second-order valence-electron chi connectivity index (χ2n) is 4.61. The molecule has 0 aliphatic carbocycles. The SMILES string of the molecule is Cc1cc([N+](=O)[O-])c(C)cc1Oc1cccc(Cl)c1CCl. The van der Waals surface area contributed by atoms with E-state index in [1.165, 1.54) is 6.07 Å². The molecule has 2 rings (SSSR count). The van der Waals surface area contributed by atoms with E-state index in [1.807, 2.05) is 0 Å². The fourth-order valence-electron chi connectivity index (χ4n) is 1.96. The van der Waals surface area contributed by atoms with Crippen molar-refractivity contribution in [1.82, 2.24) is 0 Å². The van der Waals surface area contributed by atoms with Crippen molar-refractivity contribution >= 4 is 28.9 Å². The molecule has 0 aliphatic rings. The van der Waals surface area contributed by atoms with E-state index in [2.05, 4.69) is 0 Å². The lowest BCUT2D eigenvalue weighted by Crippen LogP contribution is -1.96. The van der Waals surface area contributed by atoms with Gasteiger partial charge in [-0.05, 0) is 37.6 Å². The first kappa shape index (κ1) is 15.6. The number of alkyl halides is 1. The Bertz CT molecular complexity index is 702. The smallest absolute Gasteiger partial charge is 0.272 e. The van der Waals surface area contributed by atoms with Crippen LogP contribution in [0.2, 0.25) is 5.02 Å². The molecule has 0 bridgehead atoms. The largest absolute Gasteiger partial charge is 0.457 e.